The molecular formula is C12H10N8O2. The molecule has 0 amide bonds. The number of H-pyrrole nitrogens is 1. The van der Waals surface area contributed by atoms with E-state index in [1.165, 1.54) is 6.20 Å². The number of tetrazole rings is 1. The third kappa shape index (κ3) is 3.00. The highest BCUT2D eigenvalue weighted by atomic mass is 16.3. The lowest BCUT2D eigenvalue weighted by molar-refractivity contribution is 0.0935. The van der Waals surface area contributed by atoms with E-state index < -0.39 is 11.7 Å². The van der Waals surface area contributed by atoms with Crippen molar-refractivity contribution in [2.75, 3.05) is 0 Å². The molecule has 0 aliphatic heterocycles. The molecule has 2 N–H and O–H groups in total. The van der Waals surface area contributed by atoms with E-state index in [0.29, 0.717) is 12.1 Å². The van der Waals surface area contributed by atoms with Crippen molar-refractivity contribution in [1.82, 2.24) is 40.6 Å². The van der Waals surface area contributed by atoms with Crippen LogP contribution in [0.3, 0.4) is 0 Å². The Morgan fingerprint density at radius 2 is 2.18 bits per heavy atom. The molecule has 0 unspecified atom stereocenters. The minimum atomic E-state index is -0.622. The van der Waals surface area contributed by atoms with Crippen LogP contribution in [0, 0.1) is 0 Å². The van der Waals surface area contributed by atoms with Crippen LogP contribution < -0.4 is 0 Å². The van der Waals surface area contributed by atoms with Gasteiger partial charge in [-0.3, -0.25) is 9.78 Å². The first kappa shape index (κ1) is 13.5. The van der Waals surface area contributed by atoms with Crippen molar-refractivity contribution < 1.29 is 9.90 Å². The van der Waals surface area contributed by atoms with Gasteiger partial charge in [-0.05, 0) is 22.9 Å². The minimum Gasteiger partial charge on any atom is -0.504 e. The van der Waals surface area contributed by atoms with Gasteiger partial charge in [0.1, 0.15) is 0 Å². The van der Waals surface area contributed by atoms with Crippen LogP contribution in [-0.4, -0.2) is 51.6 Å². The Morgan fingerprint density at radius 3 is 2.91 bits per heavy atom. The van der Waals surface area contributed by atoms with Crippen LogP contribution in [0.2, 0.25) is 0 Å². The number of carbonyl (C=O) groups is 1. The average Bonchev–Trinajstić information content (AvgIpc) is 3.19. The number of nitrogens with one attached hydrogen (secondary N) is 1. The standard InChI is InChI=1S/C12H10N8O2/c21-10(12-15-18-19-16-12)6-11(22)20-14-7-9(17-20)5-8-1-3-13-4-2-8/h1-4,6-7,21H,5H2,(H,15,16,18,19). The lowest BCUT2D eigenvalue weighted by atomic mass is 10.2. The number of aromatic nitrogens is 8. The molecule has 0 radical (unpaired) electrons. The normalized spacial score (nSPS) is 11.5. The second-order valence-corrected chi connectivity index (χ2v) is 4.26. The number of nitrogens with zero attached hydrogens (tertiary/aromatic N) is 7. The molecule has 0 fully saturated rings. The topological polar surface area (TPSA) is 135 Å². The Bertz CT molecular complexity index is 794. The summed E-state index contributed by atoms with van der Waals surface area (Å²) >= 11 is 0. The highest BCUT2D eigenvalue weighted by Crippen LogP contribution is 2.06. The molecule has 10 nitrogen and oxygen atoms in total. The van der Waals surface area contributed by atoms with Crippen molar-refractivity contribution in [3.63, 3.8) is 0 Å². The van der Waals surface area contributed by atoms with E-state index >= 15 is 0 Å². The molecule has 22 heavy (non-hydrogen) atoms. The average molecular weight is 298 g/mol. The fourth-order valence-corrected chi connectivity index (χ4v) is 1.70. The number of aliphatic hydroxyl groups excluding tert-OH is 1. The Labute approximate surface area is 123 Å². The van der Waals surface area contributed by atoms with E-state index in [2.05, 4.69) is 35.8 Å². The number of hydrogen-bond donors (Lipinski definition) is 2. The summed E-state index contributed by atoms with van der Waals surface area (Å²) in [5.41, 5.74) is 1.62. The molecule has 3 rings (SSSR count). The lowest BCUT2D eigenvalue weighted by Crippen LogP contribution is -2.12. The Morgan fingerprint density at radius 1 is 1.36 bits per heavy atom. The molecule has 0 saturated carbocycles. The summed E-state index contributed by atoms with van der Waals surface area (Å²) in [4.78, 5) is 16.7. The van der Waals surface area contributed by atoms with Gasteiger partial charge in [-0.1, -0.05) is 0 Å². The van der Waals surface area contributed by atoms with Crippen LogP contribution in [0.5, 0.6) is 0 Å². The number of allylic oxidation sites excluding steroid dienone is 1. The van der Waals surface area contributed by atoms with Gasteiger partial charge in [0.05, 0.1) is 18.0 Å². The van der Waals surface area contributed by atoms with Crippen molar-refractivity contribution in [3.05, 3.63) is 53.9 Å². The number of aromatic amines is 1. The monoisotopic (exact) mass is 298 g/mol. The predicted octanol–water partition coefficient (Wildman–Crippen LogP) is 0.0163. The summed E-state index contributed by atoms with van der Waals surface area (Å²) in [6.07, 6.45) is 6.28. The van der Waals surface area contributed by atoms with Gasteiger partial charge in [-0.2, -0.15) is 10.3 Å². The van der Waals surface area contributed by atoms with Gasteiger partial charge in [0.25, 0.3) is 5.91 Å². The summed E-state index contributed by atoms with van der Waals surface area (Å²) < 4.78 is 0. The van der Waals surface area contributed by atoms with Gasteiger partial charge in [0.15, 0.2) is 5.76 Å². The summed E-state index contributed by atoms with van der Waals surface area (Å²) in [6, 6.07) is 3.70. The molecule has 10 heteroatoms. The zero-order valence-corrected chi connectivity index (χ0v) is 11.2. The first-order chi connectivity index (χ1) is 10.7. The van der Waals surface area contributed by atoms with Crippen LogP contribution in [0.4, 0.5) is 0 Å². The quantitative estimate of drug-likeness (QED) is 0.508. The molecule has 0 saturated heterocycles. The van der Waals surface area contributed by atoms with E-state index in [1.54, 1.807) is 12.4 Å². The van der Waals surface area contributed by atoms with Crippen LogP contribution >= 0.6 is 0 Å². The van der Waals surface area contributed by atoms with Gasteiger partial charge in [-0.25, -0.2) is 0 Å². The summed E-state index contributed by atoms with van der Waals surface area (Å²) in [5.74, 6) is -1.13. The molecule has 0 atom stereocenters. The van der Waals surface area contributed by atoms with E-state index in [-0.39, 0.29) is 5.82 Å². The first-order valence-corrected chi connectivity index (χ1v) is 6.21. The number of aliphatic hydroxyl groups is 1. The smallest absolute Gasteiger partial charge is 0.291 e. The fourth-order valence-electron chi connectivity index (χ4n) is 1.70. The van der Waals surface area contributed by atoms with Crippen LogP contribution in [0.15, 0.2) is 36.8 Å². The third-order valence-corrected chi connectivity index (χ3v) is 2.71. The summed E-state index contributed by atoms with van der Waals surface area (Å²) in [5, 5.41) is 30.1. The molecule has 0 aromatic carbocycles. The van der Waals surface area contributed by atoms with E-state index in [0.717, 1.165) is 16.4 Å². The molecule has 3 aromatic heterocycles. The van der Waals surface area contributed by atoms with Crippen molar-refractivity contribution in [3.8, 4) is 0 Å². The highest BCUT2D eigenvalue weighted by Gasteiger charge is 2.11. The zero-order valence-electron chi connectivity index (χ0n) is 11.2. The molecule has 0 aliphatic rings. The van der Waals surface area contributed by atoms with Crippen molar-refractivity contribution >= 4 is 11.7 Å². The SMILES string of the molecule is O=C(C=C(O)c1nn[nH]n1)n1ncc(Cc2ccncc2)n1. The number of rotatable bonds is 4. The van der Waals surface area contributed by atoms with E-state index in [4.69, 9.17) is 0 Å². The number of hydrogen-bond acceptors (Lipinski definition) is 8. The minimum absolute atomic E-state index is 0.0856. The highest BCUT2D eigenvalue weighted by molar-refractivity contribution is 5.93. The fraction of sp³-hybridized carbons (Fsp3) is 0.0833. The molecule has 0 aliphatic carbocycles. The van der Waals surface area contributed by atoms with Gasteiger partial charge < -0.3 is 5.11 Å². The Balaban J connectivity index is 1.73. The first-order valence-electron chi connectivity index (χ1n) is 6.21. The maximum Gasteiger partial charge on any atom is 0.291 e. The molecule has 3 heterocycles. The maximum atomic E-state index is 11.9. The Hall–Kier alpha value is -3.43. The second kappa shape index (κ2) is 5.91. The third-order valence-electron chi connectivity index (χ3n) is 2.71. The van der Waals surface area contributed by atoms with E-state index in [9.17, 15) is 9.90 Å². The zero-order chi connectivity index (χ0) is 15.4. The summed E-state index contributed by atoms with van der Waals surface area (Å²) in [7, 11) is 0. The van der Waals surface area contributed by atoms with Crippen LogP contribution in [0.25, 0.3) is 5.76 Å². The largest absolute Gasteiger partial charge is 0.504 e. The van der Waals surface area contributed by atoms with Gasteiger partial charge in [0, 0.05) is 18.8 Å². The van der Waals surface area contributed by atoms with Crippen molar-refractivity contribution in [2.24, 2.45) is 0 Å². The lowest BCUT2D eigenvalue weighted by Gasteiger charge is -1.96. The number of pyridine rings is 1. The van der Waals surface area contributed by atoms with Gasteiger partial charge in [-0.15, -0.1) is 20.1 Å². The molecule has 0 spiro atoms. The van der Waals surface area contributed by atoms with Crippen LogP contribution in [-0.2, 0) is 6.42 Å². The van der Waals surface area contributed by atoms with Crippen LogP contribution in [0.1, 0.15) is 21.9 Å². The van der Waals surface area contributed by atoms with Crippen molar-refractivity contribution in [1.29, 1.82) is 0 Å². The molecular weight excluding hydrogens is 288 g/mol. The second-order valence-electron chi connectivity index (χ2n) is 4.26. The van der Waals surface area contributed by atoms with Gasteiger partial charge >= 0.3 is 0 Å². The Kier molecular flexibility index (Phi) is 3.64. The van der Waals surface area contributed by atoms with Gasteiger partial charge in [0.2, 0.25) is 5.82 Å². The summed E-state index contributed by atoms with van der Waals surface area (Å²) in [6.45, 7) is 0. The maximum absolute atomic E-state index is 11.9. The molecule has 110 valence electrons. The molecule has 0 bridgehead atoms. The van der Waals surface area contributed by atoms with Crippen molar-refractivity contribution in [2.45, 2.75) is 6.42 Å². The number of carbonyl (C=O) groups excluding carboxylic acids is 1. The van der Waals surface area contributed by atoms with E-state index in [1.807, 2.05) is 12.1 Å². The molecule has 3 aromatic rings. The predicted molar refractivity (Wildman–Crippen MR) is 72.5 cm³/mol.